The first-order chi connectivity index (χ1) is 20.2. The third-order valence-electron chi connectivity index (χ3n) is 8.18. The third-order valence-corrected chi connectivity index (χ3v) is 8.18. The van der Waals surface area contributed by atoms with Gasteiger partial charge < -0.3 is 14.2 Å². The molecule has 0 N–H and O–H groups in total. The summed E-state index contributed by atoms with van der Waals surface area (Å²) in [6.07, 6.45) is 0.891. The van der Waals surface area contributed by atoms with E-state index in [1.165, 1.54) is 38.5 Å². The number of anilines is 2. The van der Waals surface area contributed by atoms with Crippen molar-refractivity contribution >= 4 is 33.2 Å². The van der Waals surface area contributed by atoms with E-state index in [9.17, 15) is 0 Å². The molecule has 0 saturated carbocycles. The van der Waals surface area contributed by atoms with Crippen LogP contribution in [0.4, 0.5) is 11.4 Å². The van der Waals surface area contributed by atoms with E-state index in [1.807, 2.05) is 12.1 Å². The fourth-order valence-electron chi connectivity index (χ4n) is 6.33. The predicted octanol–water partition coefficient (Wildman–Crippen LogP) is 9.92. The second-order valence-electron chi connectivity index (χ2n) is 10.7. The summed E-state index contributed by atoms with van der Waals surface area (Å²) >= 11 is 0. The second-order valence-corrected chi connectivity index (χ2v) is 10.7. The molecule has 0 saturated heterocycles. The monoisotopic (exact) mass is 528 g/mol. The van der Waals surface area contributed by atoms with Gasteiger partial charge in [0.25, 0.3) is 0 Å². The van der Waals surface area contributed by atoms with Crippen molar-refractivity contribution in [3.8, 4) is 28.3 Å². The molecule has 0 radical (unpaired) electrons. The van der Waals surface area contributed by atoms with Crippen LogP contribution in [0.15, 0.2) is 140 Å². The molecule has 1 aliphatic rings. The van der Waals surface area contributed by atoms with E-state index in [1.54, 1.807) is 0 Å². The quantitative estimate of drug-likeness (QED) is 0.227. The molecule has 3 heteroatoms. The highest BCUT2D eigenvalue weighted by atomic mass is 16.5. The maximum atomic E-state index is 6.67. The lowest BCUT2D eigenvalue weighted by Crippen LogP contribution is -2.11. The lowest BCUT2D eigenvalue weighted by Gasteiger charge is -2.23. The molecule has 0 fully saturated rings. The molecular weight excluding hydrogens is 500 g/mol. The first-order valence-electron chi connectivity index (χ1n) is 14.0. The lowest BCUT2D eigenvalue weighted by atomic mass is 9.97. The zero-order valence-electron chi connectivity index (χ0n) is 22.8. The largest absolute Gasteiger partial charge is 0.455 e. The van der Waals surface area contributed by atoms with Crippen LogP contribution < -0.4 is 9.64 Å². The number of nitrogens with zero attached hydrogens (tertiary/aromatic N) is 2. The SMILES string of the molecule is CN1c2ccccc2Oc2cc(c3c4ccccc4n(-c4cccc(Cc5ccccc5)c4)c3c2)-c2ccccc21. The first-order valence-corrected chi connectivity index (χ1v) is 14.0. The van der Waals surface area contributed by atoms with E-state index in [4.69, 9.17) is 4.74 Å². The van der Waals surface area contributed by atoms with Gasteiger partial charge in [-0.2, -0.15) is 0 Å². The molecular formula is C38H28N2O. The summed E-state index contributed by atoms with van der Waals surface area (Å²) in [6, 6.07) is 49.7. The second kappa shape index (κ2) is 9.42. The van der Waals surface area contributed by atoms with Crippen LogP contribution in [0.2, 0.25) is 0 Å². The Balaban J connectivity index is 1.43. The number of hydrogen-bond donors (Lipinski definition) is 0. The van der Waals surface area contributed by atoms with Gasteiger partial charge in [-0.05, 0) is 65.6 Å². The van der Waals surface area contributed by atoms with Gasteiger partial charge in [0.15, 0.2) is 5.75 Å². The predicted molar refractivity (Wildman–Crippen MR) is 170 cm³/mol. The van der Waals surface area contributed by atoms with E-state index < -0.39 is 0 Å². The van der Waals surface area contributed by atoms with Crippen LogP contribution in [-0.4, -0.2) is 11.6 Å². The topological polar surface area (TPSA) is 17.4 Å². The molecule has 0 aliphatic carbocycles. The highest BCUT2D eigenvalue weighted by Gasteiger charge is 2.23. The molecule has 0 atom stereocenters. The average Bonchev–Trinajstić information content (AvgIpc) is 3.36. The van der Waals surface area contributed by atoms with Crippen LogP contribution in [0.1, 0.15) is 11.1 Å². The Bertz CT molecular complexity index is 2070. The van der Waals surface area contributed by atoms with E-state index in [-0.39, 0.29) is 0 Å². The molecule has 3 nitrogen and oxygen atoms in total. The Morgan fingerprint density at radius 2 is 1.29 bits per heavy atom. The number of hydrogen-bond acceptors (Lipinski definition) is 2. The van der Waals surface area contributed by atoms with Crippen molar-refractivity contribution in [2.75, 3.05) is 11.9 Å². The lowest BCUT2D eigenvalue weighted by molar-refractivity contribution is 0.484. The van der Waals surface area contributed by atoms with Crippen LogP contribution in [0.5, 0.6) is 11.5 Å². The Hall–Kier alpha value is -5.28. The molecule has 1 aliphatic heterocycles. The minimum atomic E-state index is 0.828. The molecule has 0 unspecified atom stereocenters. The highest BCUT2D eigenvalue weighted by Crippen LogP contribution is 2.48. The van der Waals surface area contributed by atoms with Crippen molar-refractivity contribution in [2.24, 2.45) is 0 Å². The van der Waals surface area contributed by atoms with Gasteiger partial charge >= 0.3 is 0 Å². The minimum absolute atomic E-state index is 0.828. The summed E-state index contributed by atoms with van der Waals surface area (Å²) in [5.41, 5.74) is 10.6. The first kappa shape index (κ1) is 23.6. The summed E-state index contributed by atoms with van der Waals surface area (Å²) in [6.45, 7) is 0. The minimum Gasteiger partial charge on any atom is -0.455 e. The van der Waals surface area contributed by atoms with Crippen molar-refractivity contribution < 1.29 is 4.74 Å². The number of para-hydroxylation sites is 4. The Kier molecular flexibility index (Phi) is 5.42. The molecule has 6 aromatic carbocycles. The van der Waals surface area contributed by atoms with Gasteiger partial charge in [0.2, 0.25) is 0 Å². The Labute approximate surface area is 239 Å². The zero-order chi connectivity index (χ0) is 27.3. The molecule has 0 spiro atoms. The molecule has 41 heavy (non-hydrogen) atoms. The van der Waals surface area contributed by atoms with E-state index in [0.29, 0.717) is 0 Å². The third kappa shape index (κ3) is 3.89. The summed E-state index contributed by atoms with van der Waals surface area (Å²) < 4.78 is 9.06. The Morgan fingerprint density at radius 3 is 2.20 bits per heavy atom. The maximum Gasteiger partial charge on any atom is 0.151 e. The van der Waals surface area contributed by atoms with Crippen LogP contribution in [0, 0.1) is 0 Å². The molecule has 7 aromatic rings. The van der Waals surface area contributed by atoms with E-state index in [2.05, 4.69) is 144 Å². The summed E-state index contributed by atoms with van der Waals surface area (Å²) in [5.74, 6) is 1.67. The molecule has 2 bridgehead atoms. The average molecular weight is 529 g/mol. The zero-order valence-corrected chi connectivity index (χ0v) is 22.8. The number of ether oxygens (including phenoxy) is 1. The molecule has 2 heterocycles. The molecule has 196 valence electrons. The normalized spacial score (nSPS) is 12.3. The van der Waals surface area contributed by atoms with Gasteiger partial charge in [0.1, 0.15) is 5.75 Å². The van der Waals surface area contributed by atoms with Gasteiger partial charge in [-0.1, -0.05) is 91.0 Å². The standard InChI is InChI=1S/C38H28N2O/c1-39-33-18-7-5-16-30(33)32-24-29(41-37-21-10-9-20-35(37)39)25-36-38(32)31-17-6-8-19-34(31)40(36)28-15-11-14-27(23-28)22-26-12-3-2-4-13-26/h2-21,23-25H,22H2,1H3. The van der Waals surface area contributed by atoms with E-state index in [0.717, 1.165) is 40.5 Å². The van der Waals surface area contributed by atoms with Crippen LogP contribution in [0.3, 0.4) is 0 Å². The summed E-state index contributed by atoms with van der Waals surface area (Å²) in [7, 11) is 2.12. The molecule has 1 aromatic heterocycles. The van der Waals surface area contributed by atoms with Crippen molar-refractivity contribution in [3.63, 3.8) is 0 Å². The van der Waals surface area contributed by atoms with Crippen LogP contribution >= 0.6 is 0 Å². The fraction of sp³-hybridized carbons (Fsp3) is 0.0526. The molecule has 0 amide bonds. The number of fused-ring (bicyclic) bond motifs is 9. The number of benzene rings is 6. The van der Waals surface area contributed by atoms with Crippen molar-refractivity contribution in [3.05, 3.63) is 151 Å². The van der Waals surface area contributed by atoms with Crippen molar-refractivity contribution in [1.82, 2.24) is 4.57 Å². The number of aromatic nitrogens is 1. The smallest absolute Gasteiger partial charge is 0.151 e. The van der Waals surface area contributed by atoms with E-state index >= 15 is 0 Å². The van der Waals surface area contributed by atoms with Gasteiger partial charge in [-0.15, -0.1) is 0 Å². The van der Waals surface area contributed by atoms with Gasteiger partial charge in [0.05, 0.1) is 16.7 Å². The molecule has 8 rings (SSSR count). The Morgan fingerprint density at radius 1 is 0.561 bits per heavy atom. The van der Waals surface area contributed by atoms with Crippen LogP contribution in [0.25, 0.3) is 38.6 Å². The van der Waals surface area contributed by atoms with Crippen LogP contribution in [-0.2, 0) is 6.42 Å². The fourth-order valence-corrected chi connectivity index (χ4v) is 6.33. The summed E-state index contributed by atoms with van der Waals surface area (Å²) in [4.78, 5) is 2.23. The van der Waals surface area contributed by atoms with Crippen molar-refractivity contribution in [1.29, 1.82) is 0 Å². The maximum absolute atomic E-state index is 6.67. The van der Waals surface area contributed by atoms with Gasteiger partial charge in [-0.25, -0.2) is 0 Å². The highest BCUT2D eigenvalue weighted by molar-refractivity contribution is 6.17. The van der Waals surface area contributed by atoms with Gasteiger partial charge in [0, 0.05) is 40.8 Å². The number of rotatable bonds is 3. The van der Waals surface area contributed by atoms with Crippen molar-refractivity contribution in [2.45, 2.75) is 6.42 Å². The summed E-state index contributed by atoms with van der Waals surface area (Å²) in [5, 5.41) is 2.46. The van der Waals surface area contributed by atoms with Gasteiger partial charge in [-0.3, -0.25) is 0 Å².